The Hall–Kier alpha value is -0.900. The van der Waals surface area contributed by atoms with Crippen molar-refractivity contribution < 1.29 is 8.78 Å². The lowest BCUT2D eigenvalue weighted by Gasteiger charge is -2.06. The molecule has 0 fully saturated rings. The average molecular weight is 295 g/mol. The molecule has 88 valence electrons. The van der Waals surface area contributed by atoms with Gasteiger partial charge in [-0.05, 0) is 12.1 Å². The van der Waals surface area contributed by atoms with Gasteiger partial charge in [0.25, 0.3) is 0 Å². The third-order valence-corrected chi connectivity index (χ3v) is 3.26. The van der Waals surface area contributed by atoms with Crippen LogP contribution in [0.4, 0.5) is 8.78 Å². The lowest BCUT2D eigenvalue weighted by atomic mass is 10.1. The summed E-state index contributed by atoms with van der Waals surface area (Å²) in [5.74, 6) is -1.54. The Balaban J connectivity index is 2.61. The van der Waals surface area contributed by atoms with Crippen LogP contribution in [-0.2, 0) is 0 Å². The summed E-state index contributed by atoms with van der Waals surface area (Å²) in [7, 11) is 0. The Morgan fingerprint density at radius 3 is 2.06 bits per heavy atom. The monoisotopic (exact) mass is 293 g/mol. The third-order valence-electron chi connectivity index (χ3n) is 2.07. The second-order valence-corrected chi connectivity index (χ2v) is 4.43. The molecule has 0 atom stereocenters. The van der Waals surface area contributed by atoms with Gasteiger partial charge in [-0.25, -0.2) is 8.78 Å². The molecule has 0 saturated heterocycles. The van der Waals surface area contributed by atoms with Gasteiger partial charge in [0, 0.05) is 11.6 Å². The van der Waals surface area contributed by atoms with Crippen LogP contribution in [0.5, 0.6) is 0 Å². The smallest absolute Gasteiger partial charge is 0.152 e. The molecule has 0 N–H and O–H groups in total. The van der Waals surface area contributed by atoms with E-state index in [4.69, 9.17) is 34.8 Å². The molecule has 0 saturated carbocycles. The highest BCUT2D eigenvalue weighted by molar-refractivity contribution is 6.48. The van der Waals surface area contributed by atoms with Gasteiger partial charge in [-0.15, -0.1) is 0 Å². The van der Waals surface area contributed by atoms with Gasteiger partial charge < -0.3 is 0 Å². The molecule has 0 aliphatic rings. The van der Waals surface area contributed by atoms with Crippen molar-refractivity contribution in [3.05, 3.63) is 51.1 Å². The summed E-state index contributed by atoms with van der Waals surface area (Å²) < 4.78 is 26.2. The maximum Gasteiger partial charge on any atom is 0.152 e. The van der Waals surface area contributed by atoms with Crippen LogP contribution in [0, 0.1) is 11.6 Å². The third kappa shape index (κ3) is 2.51. The molecule has 1 aromatic heterocycles. The molecular formula is C11H4Cl3F2N. The molecule has 0 spiro atoms. The van der Waals surface area contributed by atoms with Crippen molar-refractivity contribution in [3.63, 3.8) is 0 Å². The number of hydrogen-bond acceptors (Lipinski definition) is 1. The number of rotatable bonds is 1. The topological polar surface area (TPSA) is 12.9 Å². The van der Waals surface area contributed by atoms with Crippen molar-refractivity contribution in [2.24, 2.45) is 0 Å². The van der Waals surface area contributed by atoms with Gasteiger partial charge in [0.1, 0.15) is 11.5 Å². The SMILES string of the molecule is Fc1cnc(-c2cc(Cl)c(Cl)c(Cl)c2)c(F)c1. The molecule has 1 nitrogen and oxygen atoms in total. The molecule has 0 radical (unpaired) electrons. The number of halogens is 5. The van der Waals surface area contributed by atoms with Crippen LogP contribution in [0.2, 0.25) is 15.1 Å². The summed E-state index contributed by atoms with van der Waals surface area (Å²) in [6.45, 7) is 0. The second kappa shape index (κ2) is 4.77. The van der Waals surface area contributed by atoms with Crippen molar-refractivity contribution in [3.8, 4) is 11.3 Å². The predicted molar refractivity (Wildman–Crippen MR) is 64.6 cm³/mol. The molecule has 6 heteroatoms. The van der Waals surface area contributed by atoms with Crippen LogP contribution in [0.1, 0.15) is 0 Å². The van der Waals surface area contributed by atoms with Crippen LogP contribution in [-0.4, -0.2) is 4.98 Å². The minimum atomic E-state index is -0.792. The van der Waals surface area contributed by atoms with Gasteiger partial charge in [0.2, 0.25) is 0 Å². The van der Waals surface area contributed by atoms with Crippen LogP contribution in [0.3, 0.4) is 0 Å². The Morgan fingerprint density at radius 1 is 0.941 bits per heavy atom. The Morgan fingerprint density at radius 2 is 1.53 bits per heavy atom. The normalized spacial score (nSPS) is 10.6. The highest BCUT2D eigenvalue weighted by atomic mass is 35.5. The summed E-state index contributed by atoms with van der Waals surface area (Å²) in [6.07, 6.45) is 0.912. The highest BCUT2D eigenvalue weighted by Crippen LogP contribution is 2.35. The van der Waals surface area contributed by atoms with E-state index in [0.29, 0.717) is 5.56 Å². The van der Waals surface area contributed by atoms with E-state index in [0.717, 1.165) is 12.3 Å². The standard InChI is InChI=1S/C11H4Cl3F2N/c12-7-1-5(2-8(13)10(7)14)11-9(16)3-6(15)4-17-11/h1-4H. The van der Waals surface area contributed by atoms with Crippen LogP contribution >= 0.6 is 34.8 Å². The zero-order chi connectivity index (χ0) is 12.6. The van der Waals surface area contributed by atoms with E-state index >= 15 is 0 Å². The van der Waals surface area contributed by atoms with Crippen LogP contribution in [0.15, 0.2) is 24.4 Å². The molecule has 2 rings (SSSR count). The van der Waals surface area contributed by atoms with Gasteiger partial charge in [0.05, 0.1) is 21.3 Å². The van der Waals surface area contributed by atoms with Crippen molar-refractivity contribution >= 4 is 34.8 Å². The average Bonchev–Trinajstić information content (AvgIpc) is 2.25. The summed E-state index contributed by atoms with van der Waals surface area (Å²) in [5.41, 5.74) is 0.300. The first-order valence-corrected chi connectivity index (χ1v) is 5.58. The van der Waals surface area contributed by atoms with Gasteiger partial charge in [-0.3, -0.25) is 4.98 Å². The van der Waals surface area contributed by atoms with Gasteiger partial charge >= 0.3 is 0 Å². The van der Waals surface area contributed by atoms with E-state index in [1.165, 1.54) is 12.1 Å². The fraction of sp³-hybridized carbons (Fsp3) is 0. The quantitative estimate of drug-likeness (QED) is 0.675. The van der Waals surface area contributed by atoms with Gasteiger partial charge in [-0.1, -0.05) is 34.8 Å². The summed E-state index contributed by atoms with van der Waals surface area (Å²) >= 11 is 17.4. The van der Waals surface area contributed by atoms with E-state index in [-0.39, 0.29) is 20.8 Å². The van der Waals surface area contributed by atoms with E-state index in [2.05, 4.69) is 4.98 Å². The molecule has 0 unspecified atom stereocenters. The lowest BCUT2D eigenvalue weighted by molar-refractivity contribution is 0.576. The molecule has 1 aromatic carbocycles. The molecule has 0 aliphatic heterocycles. The summed E-state index contributed by atoms with van der Waals surface area (Å²) in [4.78, 5) is 3.65. The molecule has 0 bridgehead atoms. The number of nitrogens with zero attached hydrogens (tertiary/aromatic N) is 1. The van der Waals surface area contributed by atoms with Crippen molar-refractivity contribution in [1.82, 2.24) is 4.98 Å². The van der Waals surface area contributed by atoms with E-state index in [1.54, 1.807) is 0 Å². The number of hydrogen-bond donors (Lipinski definition) is 0. The van der Waals surface area contributed by atoms with Crippen molar-refractivity contribution in [1.29, 1.82) is 0 Å². The molecular weight excluding hydrogens is 290 g/mol. The molecule has 2 aromatic rings. The largest absolute Gasteiger partial charge is 0.250 e. The van der Waals surface area contributed by atoms with Crippen molar-refractivity contribution in [2.45, 2.75) is 0 Å². The Kier molecular flexibility index (Phi) is 3.52. The fourth-order valence-corrected chi connectivity index (χ4v) is 1.92. The van der Waals surface area contributed by atoms with Crippen molar-refractivity contribution in [2.75, 3.05) is 0 Å². The number of benzene rings is 1. The number of aromatic nitrogens is 1. The number of pyridine rings is 1. The predicted octanol–water partition coefficient (Wildman–Crippen LogP) is 4.99. The summed E-state index contributed by atoms with van der Waals surface area (Å²) in [6, 6.07) is 3.57. The van der Waals surface area contributed by atoms with Gasteiger partial charge in [0.15, 0.2) is 5.82 Å². The zero-order valence-corrected chi connectivity index (χ0v) is 10.4. The van der Waals surface area contributed by atoms with E-state index < -0.39 is 11.6 Å². The molecule has 0 aliphatic carbocycles. The Bertz CT molecular complexity index is 564. The minimum Gasteiger partial charge on any atom is -0.250 e. The zero-order valence-electron chi connectivity index (χ0n) is 8.15. The minimum absolute atomic E-state index is 0.0353. The highest BCUT2D eigenvalue weighted by Gasteiger charge is 2.12. The van der Waals surface area contributed by atoms with Crippen LogP contribution in [0.25, 0.3) is 11.3 Å². The lowest BCUT2D eigenvalue weighted by Crippen LogP contribution is -1.91. The summed E-state index contributed by atoms with van der Waals surface area (Å²) in [5, 5.41) is 0.541. The van der Waals surface area contributed by atoms with Gasteiger partial charge in [-0.2, -0.15) is 0 Å². The maximum atomic E-state index is 13.5. The van der Waals surface area contributed by atoms with Crippen LogP contribution < -0.4 is 0 Å². The fourth-order valence-electron chi connectivity index (χ4n) is 1.32. The first kappa shape index (κ1) is 12.6. The molecule has 1 heterocycles. The molecule has 17 heavy (non-hydrogen) atoms. The van der Waals surface area contributed by atoms with E-state index in [1.807, 2.05) is 0 Å². The van der Waals surface area contributed by atoms with E-state index in [9.17, 15) is 8.78 Å². The molecule has 0 amide bonds. The maximum absolute atomic E-state index is 13.5. The second-order valence-electron chi connectivity index (χ2n) is 3.24. The first-order chi connectivity index (χ1) is 7.99. The first-order valence-electron chi connectivity index (χ1n) is 4.45. The Labute approximate surface area is 111 Å².